The molecule has 5 heteroatoms. The molecule has 1 atom stereocenters. The van der Waals surface area contributed by atoms with Crippen molar-refractivity contribution in [1.29, 1.82) is 0 Å². The normalized spacial score (nSPS) is 18.0. The topological polar surface area (TPSA) is 54.0 Å². The van der Waals surface area contributed by atoms with Crippen molar-refractivity contribution >= 4 is 5.97 Å². The van der Waals surface area contributed by atoms with Gasteiger partial charge in [0.15, 0.2) is 6.29 Å². The van der Waals surface area contributed by atoms with Gasteiger partial charge in [-0.2, -0.15) is 0 Å². The highest BCUT2D eigenvalue weighted by atomic mass is 16.7. The molecule has 5 nitrogen and oxygen atoms in total. The summed E-state index contributed by atoms with van der Waals surface area (Å²) < 4.78 is 21.7. The Hall–Kier alpha value is -1.59. The summed E-state index contributed by atoms with van der Waals surface area (Å²) in [5.74, 6) is 0.428. The van der Waals surface area contributed by atoms with Crippen LogP contribution in [0.2, 0.25) is 0 Å². The van der Waals surface area contributed by atoms with Crippen molar-refractivity contribution in [2.75, 3.05) is 26.4 Å². The largest absolute Gasteiger partial charge is 0.494 e. The van der Waals surface area contributed by atoms with Crippen LogP contribution < -0.4 is 4.74 Å². The maximum atomic E-state index is 11.5. The summed E-state index contributed by atoms with van der Waals surface area (Å²) in [6.45, 7) is 4.17. The average molecular weight is 308 g/mol. The van der Waals surface area contributed by atoms with Crippen LogP contribution in [-0.2, 0) is 14.2 Å². The molecule has 0 aliphatic carbocycles. The molecule has 0 spiro atoms. The zero-order chi connectivity index (χ0) is 15.6. The Balaban J connectivity index is 1.61. The molecule has 0 aromatic heterocycles. The minimum atomic E-state index is -0.310. The Morgan fingerprint density at radius 1 is 1.23 bits per heavy atom. The minimum Gasteiger partial charge on any atom is -0.494 e. The summed E-state index contributed by atoms with van der Waals surface area (Å²) in [6.07, 6.45) is 4.05. The van der Waals surface area contributed by atoms with Gasteiger partial charge in [0.1, 0.15) is 5.75 Å². The van der Waals surface area contributed by atoms with Gasteiger partial charge in [0.2, 0.25) is 0 Å². The fourth-order valence-corrected chi connectivity index (χ4v) is 2.21. The van der Waals surface area contributed by atoms with Gasteiger partial charge in [-0.1, -0.05) is 0 Å². The number of ether oxygens (including phenoxy) is 4. The predicted octanol–water partition coefficient (Wildman–Crippen LogP) is 3.18. The Morgan fingerprint density at radius 3 is 2.73 bits per heavy atom. The molecule has 1 aromatic carbocycles. The van der Waals surface area contributed by atoms with E-state index < -0.39 is 0 Å². The molecule has 0 bridgehead atoms. The Bertz CT molecular complexity index is 437. The molecule has 22 heavy (non-hydrogen) atoms. The maximum absolute atomic E-state index is 11.5. The zero-order valence-corrected chi connectivity index (χ0v) is 13.1. The lowest BCUT2D eigenvalue weighted by Crippen LogP contribution is -2.23. The van der Waals surface area contributed by atoms with E-state index in [0.29, 0.717) is 25.4 Å². The lowest BCUT2D eigenvalue weighted by atomic mass is 10.2. The van der Waals surface area contributed by atoms with Crippen LogP contribution in [0.1, 0.15) is 43.0 Å². The summed E-state index contributed by atoms with van der Waals surface area (Å²) in [5.41, 5.74) is 0.534. The molecule has 0 N–H and O–H groups in total. The van der Waals surface area contributed by atoms with Crippen molar-refractivity contribution < 1.29 is 23.7 Å². The van der Waals surface area contributed by atoms with Crippen LogP contribution in [0.15, 0.2) is 24.3 Å². The highest BCUT2D eigenvalue weighted by Crippen LogP contribution is 2.15. The summed E-state index contributed by atoms with van der Waals surface area (Å²) >= 11 is 0. The van der Waals surface area contributed by atoms with E-state index in [-0.39, 0.29) is 12.3 Å². The van der Waals surface area contributed by atoms with Crippen molar-refractivity contribution in [3.8, 4) is 5.75 Å². The first kappa shape index (κ1) is 16.8. The highest BCUT2D eigenvalue weighted by Gasteiger charge is 2.13. The number of esters is 1. The molecule has 1 saturated heterocycles. The van der Waals surface area contributed by atoms with Gasteiger partial charge >= 0.3 is 5.97 Å². The fraction of sp³-hybridized carbons (Fsp3) is 0.588. The average Bonchev–Trinajstić information content (AvgIpc) is 2.56. The van der Waals surface area contributed by atoms with E-state index in [1.54, 1.807) is 31.2 Å². The Morgan fingerprint density at radius 2 is 2.05 bits per heavy atom. The second-order valence-electron chi connectivity index (χ2n) is 5.11. The van der Waals surface area contributed by atoms with Gasteiger partial charge in [0.05, 0.1) is 25.4 Å². The molecular weight excluding hydrogens is 284 g/mol. The Labute approximate surface area is 131 Å². The van der Waals surface area contributed by atoms with Gasteiger partial charge in [-0.3, -0.25) is 0 Å². The third-order valence-electron chi connectivity index (χ3n) is 3.36. The molecule has 1 heterocycles. The lowest BCUT2D eigenvalue weighted by molar-refractivity contribution is -0.163. The number of hydrogen-bond donors (Lipinski definition) is 0. The molecule has 0 unspecified atom stereocenters. The van der Waals surface area contributed by atoms with E-state index in [0.717, 1.165) is 31.6 Å². The molecule has 122 valence electrons. The van der Waals surface area contributed by atoms with Crippen molar-refractivity contribution in [3.05, 3.63) is 29.8 Å². The van der Waals surface area contributed by atoms with Crippen molar-refractivity contribution in [2.45, 2.75) is 38.9 Å². The summed E-state index contributed by atoms with van der Waals surface area (Å²) in [4.78, 5) is 11.5. The first-order valence-corrected chi connectivity index (χ1v) is 7.93. The quantitative estimate of drug-likeness (QED) is 0.545. The molecule has 2 rings (SSSR count). The fourth-order valence-electron chi connectivity index (χ4n) is 2.21. The standard InChI is InChI=1S/C17H24O5/c1-2-19-17(18)14-7-9-15(10-8-14)20-12-5-13-22-16-6-3-4-11-21-16/h7-10,16H,2-6,11-13H2,1H3/t16-/m0/s1. The van der Waals surface area contributed by atoms with Crippen molar-refractivity contribution in [1.82, 2.24) is 0 Å². The maximum Gasteiger partial charge on any atom is 0.338 e. The number of benzene rings is 1. The predicted molar refractivity (Wildman–Crippen MR) is 82.1 cm³/mol. The third-order valence-corrected chi connectivity index (χ3v) is 3.36. The van der Waals surface area contributed by atoms with Crippen LogP contribution in [-0.4, -0.2) is 38.7 Å². The molecule has 1 fully saturated rings. The monoisotopic (exact) mass is 308 g/mol. The number of carbonyl (C=O) groups is 1. The first-order valence-electron chi connectivity index (χ1n) is 7.93. The van der Waals surface area contributed by atoms with E-state index in [4.69, 9.17) is 18.9 Å². The minimum absolute atomic E-state index is 0.0439. The molecule has 0 amide bonds. The highest BCUT2D eigenvalue weighted by molar-refractivity contribution is 5.89. The van der Waals surface area contributed by atoms with Crippen LogP contribution in [0, 0.1) is 0 Å². The molecule has 1 aromatic rings. The van der Waals surface area contributed by atoms with Crippen LogP contribution >= 0.6 is 0 Å². The Kier molecular flexibility index (Phi) is 7.19. The molecular formula is C17H24O5. The van der Waals surface area contributed by atoms with E-state index in [2.05, 4.69) is 0 Å². The van der Waals surface area contributed by atoms with E-state index in [1.807, 2.05) is 0 Å². The smallest absolute Gasteiger partial charge is 0.338 e. The second kappa shape index (κ2) is 9.43. The van der Waals surface area contributed by atoms with E-state index >= 15 is 0 Å². The first-order chi connectivity index (χ1) is 10.8. The number of carbonyl (C=O) groups excluding carboxylic acids is 1. The van der Waals surface area contributed by atoms with Crippen molar-refractivity contribution in [3.63, 3.8) is 0 Å². The third kappa shape index (κ3) is 5.66. The lowest BCUT2D eigenvalue weighted by Gasteiger charge is -2.22. The molecule has 1 aliphatic rings. The number of hydrogen-bond acceptors (Lipinski definition) is 5. The summed E-state index contributed by atoms with van der Waals surface area (Å²) in [5, 5.41) is 0. The van der Waals surface area contributed by atoms with Crippen LogP contribution in [0.25, 0.3) is 0 Å². The number of rotatable bonds is 8. The molecule has 0 radical (unpaired) electrons. The van der Waals surface area contributed by atoms with Crippen molar-refractivity contribution in [2.24, 2.45) is 0 Å². The SMILES string of the molecule is CCOC(=O)c1ccc(OCCCO[C@H]2CCCCO2)cc1. The van der Waals surface area contributed by atoms with Gasteiger partial charge in [-0.25, -0.2) is 4.79 Å². The second-order valence-corrected chi connectivity index (χ2v) is 5.11. The van der Waals surface area contributed by atoms with Gasteiger partial charge in [0, 0.05) is 13.0 Å². The van der Waals surface area contributed by atoms with E-state index in [9.17, 15) is 4.79 Å². The molecule has 0 saturated carbocycles. The van der Waals surface area contributed by atoms with Crippen LogP contribution in [0.5, 0.6) is 5.75 Å². The summed E-state index contributed by atoms with van der Waals surface area (Å²) in [7, 11) is 0. The van der Waals surface area contributed by atoms with E-state index in [1.165, 1.54) is 6.42 Å². The van der Waals surface area contributed by atoms with Gasteiger partial charge < -0.3 is 18.9 Å². The zero-order valence-electron chi connectivity index (χ0n) is 13.1. The van der Waals surface area contributed by atoms with Crippen LogP contribution in [0.4, 0.5) is 0 Å². The van der Waals surface area contributed by atoms with Gasteiger partial charge in [-0.15, -0.1) is 0 Å². The van der Waals surface area contributed by atoms with Gasteiger partial charge in [0.25, 0.3) is 0 Å². The molecule has 1 aliphatic heterocycles. The van der Waals surface area contributed by atoms with Crippen LogP contribution in [0.3, 0.4) is 0 Å². The van der Waals surface area contributed by atoms with Gasteiger partial charge in [-0.05, 0) is 50.5 Å². The summed E-state index contributed by atoms with van der Waals surface area (Å²) in [6, 6.07) is 6.97.